The lowest BCUT2D eigenvalue weighted by molar-refractivity contribution is -0.128. The molecule has 2 amide bonds. The van der Waals surface area contributed by atoms with Crippen LogP contribution in [0.3, 0.4) is 0 Å². The van der Waals surface area contributed by atoms with Crippen molar-refractivity contribution >= 4 is 23.5 Å². The summed E-state index contributed by atoms with van der Waals surface area (Å²) in [7, 11) is 3.53. The molecule has 31 heavy (non-hydrogen) atoms. The Balaban J connectivity index is 1.53. The van der Waals surface area contributed by atoms with Crippen molar-refractivity contribution in [1.82, 2.24) is 15.1 Å². The molecule has 2 heterocycles. The monoisotopic (exact) mass is 425 g/mol. The van der Waals surface area contributed by atoms with Crippen LogP contribution in [0, 0.1) is 0 Å². The van der Waals surface area contributed by atoms with E-state index in [-0.39, 0.29) is 18.4 Å². The molecular formula is C24H35N5O2. The molecule has 3 aliphatic rings. The maximum atomic E-state index is 12.2. The van der Waals surface area contributed by atoms with Crippen molar-refractivity contribution in [2.45, 2.75) is 56.9 Å². The van der Waals surface area contributed by atoms with E-state index in [9.17, 15) is 9.59 Å². The predicted molar refractivity (Wildman–Crippen MR) is 123 cm³/mol. The number of rotatable bonds is 6. The number of aliphatic imine (C=N–C) groups is 1. The van der Waals surface area contributed by atoms with Crippen molar-refractivity contribution in [2.75, 3.05) is 45.2 Å². The van der Waals surface area contributed by atoms with Gasteiger partial charge in [-0.25, -0.2) is 4.99 Å². The SMILES string of the molecule is CN(C)C(=O)CN=C(NC1CCCC1)N1CC(CCN2CCCC2=O)c2ccccc21. The number of fused-ring (bicyclic) bond motifs is 1. The Morgan fingerprint density at radius 1 is 1.19 bits per heavy atom. The lowest BCUT2D eigenvalue weighted by Gasteiger charge is -2.26. The molecule has 1 aromatic carbocycles. The van der Waals surface area contributed by atoms with Gasteiger partial charge in [-0.1, -0.05) is 31.0 Å². The third-order valence-corrected chi connectivity index (χ3v) is 6.80. The number of nitrogens with zero attached hydrogens (tertiary/aromatic N) is 4. The fourth-order valence-corrected chi connectivity index (χ4v) is 4.94. The highest BCUT2D eigenvalue weighted by Gasteiger charge is 2.33. The summed E-state index contributed by atoms with van der Waals surface area (Å²) < 4.78 is 0. The van der Waals surface area contributed by atoms with Crippen LogP contribution in [0.5, 0.6) is 0 Å². The lowest BCUT2D eigenvalue weighted by atomic mass is 9.98. The van der Waals surface area contributed by atoms with Crippen LogP contribution in [-0.4, -0.2) is 73.9 Å². The quantitative estimate of drug-likeness (QED) is 0.562. The van der Waals surface area contributed by atoms with Crippen LogP contribution in [0.4, 0.5) is 5.69 Å². The number of anilines is 1. The van der Waals surface area contributed by atoms with E-state index in [0.717, 1.165) is 51.3 Å². The largest absolute Gasteiger partial charge is 0.353 e. The van der Waals surface area contributed by atoms with Gasteiger partial charge in [-0.2, -0.15) is 0 Å². The maximum absolute atomic E-state index is 12.2. The Morgan fingerprint density at radius 2 is 1.97 bits per heavy atom. The molecule has 1 saturated carbocycles. The summed E-state index contributed by atoms with van der Waals surface area (Å²) in [6.45, 7) is 2.68. The fraction of sp³-hybridized carbons (Fsp3) is 0.625. The number of guanidine groups is 1. The molecule has 1 unspecified atom stereocenters. The van der Waals surface area contributed by atoms with E-state index in [2.05, 4.69) is 34.5 Å². The van der Waals surface area contributed by atoms with Crippen LogP contribution in [0.1, 0.15) is 56.4 Å². The van der Waals surface area contributed by atoms with Crippen LogP contribution >= 0.6 is 0 Å². The summed E-state index contributed by atoms with van der Waals surface area (Å²) >= 11 is 0. The van der Waals surface area contributed by atoms with E-state index < -0.39 is 0 Å². The van der Waals surface area contributed by atoms with Crippen molar-refractivity contribution in [3.05, 3.63) is 29.8 Å². The Kier molecular flexibility index (Phi) is 6.78. The molecule has 1 N–H and O–H groups in total. The third kappa shape index (κ3) is 5.02. The molecule has 2 fully saturated rings. The Bertz CT molecular complexity index is 831. The van der Waals surface area contributed by atoms with Gasteiger partial charge in [-0.05, 0) is 37.3 Å². The molecule has 1 atom stereocenters. The smallest absolute Gasteiger partial charge is 0.243 e. The van der Waals surface area contributed by atoms with Gasteiger partial charge in [0.15, 0.2) is 5.96 Å². The highest BCUT2D eigenvalue weighted by atomic mass is 16.2. The van der Waals surface area contributed by atoms with Crippen LogP contribution in [0.15, 0.2) is 29.3 Å². The van der Waals surface area contributed by atoms with Gasteiger partial charge in [0.1, 0.15) is 6.54 Å². The number of hydrogen-bond donors (Lipinski definition) is 1. The third-order valence-electron chi connectivity index (χ3n) is 6.80. The number of para-hydroxylation sites is 1. The van der Waals surface area contributed by atoms with Gasteiger partial charge < -0.3 is 20.0 Å². The number of nitrogens with one attached hydrogen (secondary N) is 1. The molecule has 2 aliphatic heterocycles. The van der Waals surface area contributed by atoms with Gasteiger partial charge in [0.05, 0.1) is 0 Å². The number of likely N-dealkylation sites (N-methyl/N-ethyl adjacent to an activating group) is 1. The number of hydrogen-bond acceptors (Lipinski definition) is 3. The minimum absolute atomic E-state index is 0.00213. The Morgan fingerprint density at radius 3 is 2.68 bits per heavy atom. The second-order valence-electron chi connectivity index (χ2n) is 9.19. The van der Waals surface area contributed by atoms with Gasteiger partial charge in [0.25, 0.3) is 0 Å². The highest BCUT2D eigenvalue weighted by Crippen LogP contribution is 2.38. The number of likely N-dealkylation sites (tertiary alicyclic amines) is 1. The van der Waals surface area contributed by atoms with Crippen LogP contribution in [-0.2, 0) is 9.59 Å². The zero-order chi connectivity index (χ0) is 21.8. The van der Waals surface area contributed by atoms with Crippen LogP contribution < -0.4 is 10.2 Å². The molecule has 0 bridgehead atoms. The average molecular weight is 426 g/mol. The zero-order valence-electron chi connectivity index (χ0n) is 18.8. The van der Waals surface area contributed by atoms with Crippen molar-refractivity contribution < 1.29 is 9.59 Å². The molecule has 1 aliphatic carbocycles. The molecule has 168 valence electrons. The van der Waals surface area contributed by atoms with Crippen LogP contribution in [0.2, 0.25) is 0 Å². The van der Waals surface area contributed by atoms with Crippen molar-refractivity contribution in [1.29, 1.82) is 0 Å². The first kappa shape index (κ1) is 21.7. The molecule has 7 heteroatoms. The lowest BCUT2D eigenvalue weighted by Crippen LogP contribution is -2.45. The minimum atomic E-state index is 0.00213. The molecular weight excluding hydrogens is 390 g/mol. The molecule has 0 aromatic heterocycles. The second-order valence-corrected chi connectivity index (χ2v) is 9.19. The van der Waals surface area contributed by atoms with Gasteiger partial charge in [0, 0.05) is 57.8 Å². The summed E-state index contributed by atoms with van der Waals surface area (Å²) in [5.74, 6) is 1.46. The molecule has 1 saturated heterocycles. The van der Waals surface area contributed by atoms with Crippen molar-refractivity contribution in [3.8, 4) is 0 Å². The zero-order valence-corrected chi connectivity index (χ0v) is 18.8. The number of carbonyl (C=O) groups excluding carboxylic acids is 2. The van der Waals surface area contributed by atoms with Crippen molar-refractivity contribution in [3.63, 3.8) is 0 Å². The minimum Gasteiger partial charge on any atom is -0.353 e. The van der Waals surface area contributed by atoms with Crippen molar-refractivity contribution in [2.24, 2.45) is 4.99 Å². The Hall–Kier alpha value is -2.57. The van der Waals surface area contributed by atoms with Crippen LogP contribution in [0.25, 0.3) is 0 Å². The van der Waals surface area contributed by atoms with E-state index in [0.29, 0.717) is 18.4 Å². The maximum Gasteiger partial charge on any atom is 0.243 e. The highest BCUT2D eigenvalue weighted by molar-refractivity contribution is 5.99. The average Bonchev–Trinajstić information content (AvgIpc) is 3.50. The molecule has 0 spiro atoms. The van der Waals surface area contributed by atoms with E-state index in [1.807, 2.05) is 4.90 Å². The molecule has 7 nitrogen and oxygen atoms in total. The second kappa shape index (κ2) is 9.71. The normalized spacial score (nSPS) is 21.7. The first-order valence-electron chi connectivity index (χ1n) is 11.7. The van der Waals surface area contributed by atoms with Gasteiger partial charge in [-0.15, -0.1) is 0 Å². The summed E-state index contributed by atoms with van der Waals surface area (Å²) in [5, 5.41) is 3.66. The van der Waals surface area contributed by atoms with E-state index in [1.54, 1.807) is 19.0 Å². The van der Waals surface area contributed by atoms with Gasteiger partial charge in [0.2, 0.25) is 11.8 Å². The first-order chi connectivity index (χ1) is 15.0. The first-order valence-corrected chi connectivity index (χ1v) is 11.7. The molecule has 0 radical (unpaired) electrons. The standard InChI is InChI=1S/C24H35N5O2/c1-27(2)23(31)16-25-24(26-19-8-3-4-9-19)29-17-18(20-10-5-6-11-21(20)29)13-15-28-14-7-12-22(28)30/h5-6,10-11,18-19H,3-4,7-9,12-17H2,1-2H3,(H,25,26). The molecule has 1 aromatic rings. The van der Waals surface area contributed by atoms with E-state index in [4.69, 9.17) is 4.99 Å². The van der Waals surface area contributed by atoms with Gasteiger partial charge in [-0.3, -0.25) is 9.59 Å². The number of amides is 2. The van der Waals surface area contributed by atoms with Gasteiger partial charge >= 0.3 is 0 Å². The molecule has 4 rings (SSSR count). The topological polar surface area (TPSA) is 68.2 Å². The van der Waals surface area contributed by atoms with E-state index in [1.165, 1.54) is 24.1 Å². The summed E-state index contributed by atoms with van der Waals surface area (Å²) in [6.07, 6.45) is 7.40. The van der Waals surface area contributed by atoms with E-state index >= 15 is 0 Å². The Labute approximate surface area is 185 Å². The summed E-state index contributed by atoms with van der Waals surface area (Å²) in [4.78, 5) is 34.9. The number of carbonyl (C=O) groups is 2. The fourth-order valence-electron chi connectivity index (χ4n) is 4.94. The summed E-state index contributed by atoms with van der Waals surface area (Å²) in [5.41, 5.74) is 2.48. The number of benzene rings is 1. The predicted octanol–water partition coefficient (Wildman–Crippen LogP) is 2.58. The summed E-state index contributed by atoms with van der Waals surface area (Å²) in [6, 6.07) is 8.92.